The highest BCUT2D eigenvalue weighted by molar-refractivity contribution is 6.30. The zero-order valence-electron chi connectivity index (χ0n) is 7.72. The van der Waals surface area contributed by atoms with Gasteiger partial charge in [-0.1, -0.05) is 0 Å². The van der Waals surface area contributed by atoms with Gasteiger partial charge in [0.2, 0.25) is 0 Å². The average molecular weight is 211 g/mol. The Balaban J connectivity index is 2.47. The van der Waals surface area contributed by atoms with E-state index in [0.717, 1.165) is 24.8 Å². The second-order valence-corrected chi connectivity index (χ2v) is 3.82. The lowest BCUT2D eigenvalue weighted by molar-refractivity contribution is 0.101. The number of Topliss-reactive ketones (excluding diaryl/α,β-unsaturated/α-hetero) is 1. The number of benzene rings is 1. The summed E-state index contributed by atoms with van der Waals surface area (Å²) in [5, 5.41) is 9.60. The Morgan fingerprint density at radius 1 is 1.36 bits per heavy atom. The molecule has 0 spiro atoms. The number of rotatable bonds is 2. The van der Waals surface area contributed by atoms with Crippen LogP contribution in [0.25, 0.3) is 0 Å². The van der Waals surface area contributed by atoms with Crippen LogP contribution < -0.4 is 0 Å². The summed E-state index contributed by atoms with van der Waals surface area (Å²) in [5.41, 5.74) is 2.70. The Labute approximate surface area is 87.5 Å². The third-order valence-electron chi connectivity index (χ3n) is 2.63. The van der Waals surface area contributed by atoms with Crippen molar-refractivity contribution in [1.29, 1.82) is 0 Å². The van der Waals surface area contributed by atoms with Crippen LogP contribution in [0.3, 0.4) is 0 Å². The normalized spacial score (nSPS) is 14.1. The van der Waals surface area contributed by atoms with Crippen molar-refractivity contribution in [2.75, 3.05) is 5.88 Å². The molecule has 2 nitrogen and oxygen atoms in total. The van der Waals surface area contributed by atoms with E-state index in [2.05, 4.69) is 0 Å². The summed E-state index contributed by atoms with van der Waals surface area (Å²) in [6, 6.07) is 3.48. The lowest BCUT2D eigenvalue weighted by Gasteiger charge is -2.05. The molecule has 1 aromatic rings. The van der Waals surface area contributed by atoms with Gasteiger partial charge >= 0.3 is 0 Å². The van der Waals surface area contributed by atoms with E-state index in [-0.39, 0.29) is 17.4 Å². The van der Waals surface area contributed by atoms with Gasteiger partial charge in [0.25, 0.3) is 0 Å². The number of hydrogen-bond acceptors (Lipinski definition) is 2. The van der Waals surface area contributed by atoms with Crippen molar-refractivity contribution in [2.45, 2.75) is 19.3 Å². The summed E-state index contributed by atoms with van der Waals surface area (Å²) < 4.78 is 0. The molecular weight excluding hydrogens is 200 g/mol. The fourth-order valence-electron chi connectivity index (χ4n) is 1.91. The highest BCUT2D eigenvalue weighted by Crippen LogP contribution is 2.29. The average Bonchev–Trinajstić information content (AvgIpc) is 2.62. The van der Waals surface area contributed by atoms with Gasteiger partial charge in [0, 0.05) is 0 Å². The number of hydrogen-bond donors (Lipinski definition) is 1. The van der Waals surface area contributed by atoms with Crippen LogP contribution in [0.5, 0.6) is 5.75 Å². The van der Waals surface area contributed by atoms with E-state index in [4.69, 9.17) is 11.6 Å². The minimum Gasteiger partial charge on any atom is -0.507 e. The molecule has 1 aliphatic rings. The fourth-order valence-corrected chi connectivity index (χ4v) is 2.05. The zero-order chi connectivity index (χ0) is 10.1. The van der Waals surface area contributed by atoms with Crippen molar-refractivity contribution in [1.82, 2.24) is 0 Å². The van der Waals surface area contributed by atoms with E-state index in [1.807, 2.05) is 0 Å². The maximum Gasteiger partial charge on any atom is 0.181 e. The molecule has 0 radical (unpaired) electrons. The van der Waals surface area contributed by atoms with Gasteiger partial charge in [-0.15, -0.1) is 11.6 Å². The topological polar surface area (TPSA) is 37.3 Å². The molecule has 2 rings (SSSR count). The first-order chi connectivity index (χ1) is 6.72. The van der Waals surface area contributed by atoms with Gasteiger partial charge in [-0.3, -0.25) is 4.79 Å². The Morgan fingerprint density at radius 3 is 2.64 bits per heavy atom. The molecule has 0 unspecified atom stereocenters. The van der Waals surface area contributed by atoms with E-state index in [1.165, 1.54) is 5.56 Å². The lowest BCUT2D eigenvalue weighted by atomic mass is 10.0. The number of ketones is 1. The first-order valence-electron chi connectivity index (χ1n) is 4.66. The van der Waals surface area contributed by atoms with Crippen LogP contribution in [0.4, 0.5) is 0 Å². The molecule has 0 saturated heterocycles. The molecule has 0 heterocycles. The van der Waals surface area contributed by atoms with Crippen LogP contribution in [0.15, 0.2) is 12.1 Å². The summed E-state index contributed by atoms with van der Waals surface area (Å²) in [7, 11) is 0. The second-order valence-electron chi connectivity index (χ2n) is 3.55. The van der Waals surface area contributed by atoms with E-state index >= 15 is 0 Å². The zero-order valence-corrected chi connectivity index (χ0v) is 8.47. The molecule has 0 bridgehead atoms. The van der Waals surface area contributed by atoms with E-state index < -0.39 is 0 Å². The van der Waals surface area contributed by atoms with Gasteiger partial charge in [0.15, 0.2) is 5.78 Å². The SMILES string of the molecule is O=C(CCl)c1cc2c(cc1O)CCC2. The Morgan fingerprint density at radius 2 is 2.00 bits per heavy atom. The Bertz CT molecular complexity index is 385. The molecular formula is C11H11ClO2. The number of phenolic OH excluding ortho intramolecular Hbond substituents is 1. The number of carbonyl (C=O) groups excluding carboxylic acids is 1. The third kappa shape index (κ3) is 1.50. The molecule has 0 saturated carbocycles. The lowest BCUT2D eigenvalue weighted by Crippen LogP contribution is -2.02. The predicted molar refractivity (Wildman–Crippen MR) is 55.2 cm³/mol. The van der Waals surface area contributed by atoms with Crippen molar-refractivity contribution < 1.29 is 9.90 Å². The van der Waals surface area contributed by atoms with Gasteiger partial charge in [0.1, 0.15) is 5.75 Å². The van der Waals surface area contributed by atoms with E-state index in [9.17, 15) is 9.90 Å². The smallest absolute Gasteiger partial charge is 0.181 e. The molecule has 0 aromatic heterocycles. The summed E-state index contributed by atoms with van der Waals surface area (Å²) in [6.45, 7) is 0. The number of fused-ring (bicyclic) bond motifs is 1. The van der Waals surface area contributed by atoms with E-state index in [0.29, 0.717) is 5.56 Å². The number of halogens is 1. The van der Waals surface area contributed by atoms with Crippen LogP contribution in [-0.2, 0) is 12.8 Å². The van der Waals surface area contributed by atoms with E-state index in [1.54, 1.807) is 12.1 Å². The first-order valence-corrected chi connectivity index (χ1v) is 5.19. The molecule has 0 amide bonds. The summed E-state index contributed by atoms with van der Waals surface area (Å²) in [5.74, 6) is -0.220. The number of alkyl halides is 1. The Kier molecular flexibility index (Phi) is 2.46. The van der Waals surface area contributed by atoms with Crippen LogP contribution >= 0.6 is 11.6 Å². The minimum absolute atomic E-state index is 0.0660. The third-order valence-corrected chi connectivity index (χ3v) is 2.87. The maximum absolute atomic E-state index is 11.3. The van der Waals surface area contributed by atoms with Gasteiger partial charge in [-0.05, 0) is 42.5 Å². The molecule has 3 heteroatoms. The molecule has 0 atom stereocenters. The van der Waals surface area contributed by atoms with Gasteiger partial charge in [0.05, 0.1) is 11.4 Å². The highest BCUT2D eigenvalue weighted by Gasteiger charge is 2.17. The second kappa shape index (κ2) is 3.62. The summed E-state index contributed by atoms with van der Waals surface area (Å²) in [4.78, 5) is 11.3. The van der Waals surface area contributed by atoms with Gasteiger partial charge in [-0.2, -0.15) is 0 Å². The van der Waals surface area contributed by atoms with Crippen LogP contribution in [-0.4, -0.2) is 16.8 Å². The number of carbonyl (C=O) groups is 1. The largest absolute Gasteiger partial charge is 0.507 e. The summed E-state index contributed by atoms with van der Waals surface area (Å²) >= 11 is 5.45. The van der Waals surface area contributed by atoms with Crippen LogP contribution in [0.2, 0.25) is 0 Å². The molecule has 0 aliphatic heterocycles. The van der Waals surface area contributed by atoms with Gasteiger partial charge < -0.3 is 5.11 Å². The molecule has 74 valence electrons. The highest BCUT2D eigenvalue weighted by atomic mass is 35.5. The quantitative estimate of drug-likeness (QED) is 0.601. The predicted octanol–water partition coefficient (Wildman–Crippen LogP) is 2.30. The first kappa shape index (κ1) is 9.53. The summed E-state index contributed by atoms with van der Waals surface area (Å²) in [6.07, 6.45) is 3.10. The minimum atomic E-state index is -0.209. The van der Waals surface area contributed by atoms with Crippen molar-refractivity contribution in [3.63, 3.8) is 0 Å². The number of phenols is 1. The van der Waals surface area contributed by atoms with Crippen molar-refractivity contribution >= 4 is 17.4 Å². The molecule has 0 fully saturated rings. The molecule has 14 heavy (non-hydrogen) atoms. The molecule has 1 aromatic carbocycles. The van der Waals surface area contributed by atoms with Crippen molar-refractivity contribution in [2.24, 2.45) is 0 Å². The van der Waals surface area contributed by atoms with Gasteiger partial charge in [-0.25, -0.2) is 0 Å². The monoisotopic (exact) mass is 210 g/mol. The number of aromatic hydroxyl groups is 1. The van der Waals surface area contributed by atoms with Crippen LogP contribution in [0.1, 0.15) is 27.9 Å². The van der Waals surface area contributed by atoms with Crippen LogP contribution in [0, 0.1) is 0 Å². The van der Waals surface area contributed by atoms with Crippen molar-refractivity contribution in [3.8, 4) is 5.75 Å². The fraction of sp³-hybridized carbons (Fsp3) is 0.364. The standard InChI is InChI=1S/C11H11ClO2/c12-6-11(14)9-4-7-2-1-3-8(7)5-10(9)13/h4-5,13H,1-3,6H2. The molecule has 1 N–H and O–H groups in total. The maximum atomic E-state index is 11.3. The van der Waals surface area contributed by atoms with Crippen molar-refractivity contribution in [3.05, 3.63) is 28.8 Å². The molecule has 1 aliphatic carbocycles. The number of aryl methyl sites for hydroxylation is 2. The Hall–Kier alpha value is -1.02.